The molecule has 0 aliphatic heterocycles. The highest BCUT2D eigenvalue weighted by molar-refractivity contribution is 5.94. The quantitative estimate of drug-likeness (QED) is 0.892. The van der Waals surface area contributed by atoms with Crippen LogP contribution in [0.2, 0.25) is 0 Å². The summed E-state index contributed by atoms with van der Waals surface area (Å²) in [7, 11) is 0. The van der Waals surface area contributed by atoms with Crippen molar-refractivity contribution in [2.24, 2.45) is 0 Å². The molecule has 1 amide bonds. The Morgan fingerprint density at radius 2 is 2.00 bits per heavy atom. The van der Waals surface area contributed by atoms with E-state index in [4.69, 9.17) is 4.74 Å². The molecule has 22 heavy (non-hydrogen) atoms. The van der Waals surface area contributed by atoms with E-state index in [1.165, 1.54) is 0 Å². The van der Waals surface area contributed by atoms with E-state index in [9.17, 15) is 4.79 Å². The average molecular weight is 301 g/mol. The highest BCUT2D eigenvalue weighted by Gasteiger charge is 2.16. The van der Waals surface area contributed by atoms with Crippen molar-refractivity contribution in [3.05, 3.63) is 47.3 Å². The predicted molar refractivity (Wildman–Crippen MR) is 86.1 cm³/mol. The molecule has 1 aromatic heterocycles. The first-order valence-corrected chi connectivity index (χ1v) is 7.62. The lowest BCUT2D eigenvalue weighted by atomic mass is 10.1. The summed E-state index contributed by atoms with van der Waals surface area (Å²) < 4.78 is 7.30. The number of benzene rings is 1. The van der Waals surface area contributed by atoms with Crippen molar-refractivity contribution in [2.75, 3.05) is 6.61 Å². The van der Waals surface area contributed by atoms with Crippen LogP contribution in [0.5, 0.6) is 5.75 Å². The van der Waals surface area contributed by atoms with Gasteiger partial charge in [0.2, 0.25) is 0 Å². The molecule has 0 saturated heterocycles. The van der Waals surface area contributed by atoms with Gasteiger partial charge in [0.25, 0.3) is 5.91 Å². The maximum Gasteiger partial charge on any atom is 0.251 e. The van der Waals surface area contributed by atoms with Crippen LogP contribution in [-0.4, -0.2) is 22.3 Å². The van der Waals surface area contributed by atoms with Crippen molar-refractivity contribution < 1.29 is 9.53 Å². The lowest BCUT2D eigenvalue weighted by Gasteiger charge is -2.14. The van der Waals surface area contributed by atoms with Gasteiger partial charge in [-0.3, -0.25) is 9.48 Å². The smallest absolute Gasteiger partial charge is 0.251 e. The zero-order chi connectivity index (χ0) is 16.1. The highest BCUT2D eigenvalue weighted by atomic mass is 16.5. The molecule has 0 spiro atoms. The molecular weight excluding hydrogens is 278 g/mol. The minimum absolute atomic E-state index is 0.0839. The molecule has 0 radical (unpaired) electrons. The fourth-order valence-electron chi connectivity index (χ4n) is 2.43. The topological polar surface area (TPSA) is 56.1 Å². The molecule has 2 aromatic rings. The molecule has 1 N–H and O–H groups in total. The molecule has 0 bridgehead atoms. The second-order valence-corrected chi connectivity index (χ2v) is 5.15. The first-order valence-electron chi connectivity index (χ1n) is 7.62. The lowest BCUT2D eigenvalue weighted by Crippen LogP contribution is -2.26. The van der Waals surface area contributed by atoms with E-state index >= 15 is 0 Å². The Labute approximate surface area is 131 Å². The molecule has 0 saturated carbocycles. The van der Waals surface area contributed by atoms with Crippen LogP contribution in [0.3, 0.4) is 0 Å². The van der Waals surface area contributed by atoms with E-state index in [1.54, 1.807) is 12.1 Å². The highest BCUT2D eigenvalue weighted by Crippen LogP contribution is 2.18. The number of hydrogen-bond donors (Lipinski definition) is 1. The van der Waals surface area contributed by atoms with Crippen LogP contribution in [0.1, 0.15) is 48.4 Å². The van der Waals surface area contributed by atoms with E-state index in [0.29, 0.717) is 12.2 Å². The maximum absolute atomic E-state index is 12.3. The van der Waals surface area contributed by atoms with Gasteiger partial charge in [-0.25, -0.2) is 0 Å². The Bertz CT molecular complexity index is 632. The Hall–Kier alpha value is -2.30. The summed E-state index contributed by atoms with van der Waals surface area (Å²) in [4.78, 5) is 12.3. The molecule has 0 fully saturated rings. The number of aromatic nitrogens is 2. The number of rotatable bonds is 6. The Morgan fingerprint density at radius 1 is 1.32 bits per heavy atom. The average Bonchev–Trinajstić information content (AvgIpc) is 2.89. The van der Waals surface area contributed by atoms with Crippen LogP contribution in [0, 0.1) is 6.92 Å². The maximum atomic E-state index is 12.3. The molecule has 5 nitrogen and oxygen atoms in total. The third-order valence-electron chi connectivity index (χ3n) is 3.68. The number of amides is 1. The van der Waals surface area contributed by atoms with E-state index in [0.717, 1.165) is 23.6 Å². The van der Waals surface area contributed by atoms with Crippen molar-refractivity contribution in [1.82, 2.24) is 15.1 Å². The van der Waals surface area contributed by atoms with Crippen LogP contribution in [0.4, 0.5) is 0 Å². The van der Waals surface area contributed by atoms with Crippen molar-refractivity contribution >= 4 is 5.91 Å². The van der Waals surface area contributed by atoms with Crippen molar-refractivity contribution in [1.29, 1.82) is 0 Å². The Kier molecular flexibility index (Phi) is 5.20. The largest absolute Gasteiger partial charge is 0.494 e. The number of nitrogens with zero attached hydrogens (tertiary/aromatic N) is 2. The lowest BCUT2D eigenvalue weighted by molar-refractivity contribution is 0.0940. The van der Waals surface area contributed by atoms with Gasteiger partial charge in [-0.05, 0) is 52.0 Å². The Morgan fingerprint density at radius 3 is 2.55 bits per heavy atom. The van der Waals surface area contributed by atoms with Crippen LogP contribution in [0.25, 0.3) is 0 Å². The minimum Gasteiger partial charge on any atom is -0.494 e. The van der Waals surface area contributed by atoms with Gasteiger partial charge in [-0.15, -0.1) is 0 Å². The van der Waals surface area contributed by atoms with Gasteiger partial charge in [0.15, 0.2) is 0 Å². The first kappa shape index (κ1) is 16.1. The zero-order valence-electron chi connectivity index (χ0n) is 13.6. The summed E-state index contributed by atoms with van der Waals surface area (Å²) in [6.45, 7) is 9.41. The predicted octanol–water partition coefficient (Wildman–Crippen LogP) is 3.10. The standard InChI is InChI=1S/C17H23N3O2/c1-5-20-13(4)16(11-18-20)12(3)19-17(21)14-7-9-15(10-8-14)22-6-2/h7-12H,5-6H2,1-4H3,(H,19,21). The number of ether oxygens (including phenoxy) is 1. The monoisotopic (exact) mass is 301 g/mol. The van der Waals surface area contributed by atoms with Gasteiger partial charge in [-0.2, -0.15) is 5.10 Å². The number of hydrogen-bond acceptors (Lipinski definition) is 3. The van der Waals surface area contributed by atoms with Crippen LogP contribution < -0.4 is 10.1 Å². The van der Waals surface area contributed by atoms with Gasteiger partial charge in [0.1, 0.15) is 5.75 Å². The van der Waals surface area contributed by atoms with Gasteiger partial charge in [0, 0.05) is 23.4 Å². The van der Waals surface area contributed by atoms with Crippen LogP contribution in [0.15, 0.2) is 30.5 Å². The molecule has 0 aliphatic rings. The van der Waals surface area contributed by atoms with Gasteiger partial charge < -0.3 is 10.1 Å². The molecular formula is C17H23N3O2. The summed E-state index contributed by atoms with van der Waals surface area (Å²) in [5, 5.41) is 7.33. The number of aryl methyl sites for hydroxylation is 1. The fourth-order valence-corrected chi connectivity index (χ4v) is 2.43. The van der Waals surface area contributed by atoms with E-state index < -0.39 is 0 Å². The zero-order valence-corrected chi connectivity index (χ0v) is 13.6. The number of carbonyl (C=O) groups excluding carboxylic acids is 1. The normalized spacial score (nSPS) is 12.0. The summed E-state index contributed by atoms with van der Waals surface area (Å²) in [6, 6.07) is 7.08. The summed E-state index contributed by atoms with van der Waals surface area (Å²) >= 11 is 0. The minimum atomic E-state index is -0.0980. The Balaban J connectivity index is 2.05. The number of carbonyl (C=O) groups is 1. The second-order valence-electron chi connectivity index (χ2n) is 5.15. The molecule has 1 heterocycles. The van der Waals surface area contributed by atoms with Gasteiger partial charge in [-0.1, -0.05) is 0 Å². The van der Waals surface area contributed by atoms with E-state index in [-0.39, 0.29) is 11.9 Å². The third-order valence-corrected chi connectivity index (χ3v) is 3.68. The van der Waals surface area contributed by atoms with Crippen molar-refractivity contribution in [2.45, 2.75) is 40.3 Å². The first-order chi connectivity index (χ1) is 10.6. The van der Waals surface area contributed by atoms with Crippen LogP contribution in [-0.2, 0) is 6.54 Å². The fraction of sp³-hybridized carbons (Fsp3) is 0.412. The molecule has 1 unspecified atom stereocenters. The molecule has 1 atom stereocenters. The summed E-state index contributed by atoms with van der Waals surface area (Å²) in [5.74, 6) is 0.673. The third kappa shape index (κ3) is 3.47. The molecule has 1 aromatic carbocycles. The second kappa shape index (κ2) is 7.11. The SMILES string of the molecule is CCOc1ccc(C(=O)NC(C)c2cnn(CC)c2C)cc1. The van der Waals surface area contributed by atoms with Crippen molar-refractivity contribution in [3.63, 3.8) is 0 Å². The summed E-state index contributed by atoms with van der Waals surface area (Å²) in [5.41, 5.74) is 2.75. The van der Waals surface area contributed by atoms with Gasteiger partial charge in [0.05, 0.1) is 18.8 Å². The van der Waals surface area contributed by atoms with Crippen LogP contribution >= 0.6 is 0 Å². The molecule has 2 rings (SSSR count). The molecule has 5 heteroatoms. The number of nitrogens with one attached hydrogen (secondary N) is 1. The molecule has 118 valence electrons. The molecule has 0 aliphatic carbocycles. The summed E-state index contributed by atoms with van der Waals surface area (Å²) in [6.07, 6.45) is 1.82. The van der Waals surface area contributed by atoms with E-state index in [1.807, 2.05) is 50.7 Å². The van der Waals surface area contributed by atoms with Crippen molar-refractivity contribution in [3.8, 4) is 5.75 Å². The van der Waals surface area contributed by atoms with E-state index in [2.05, 4.69) is 10.4 Å². The van der Waals surface area contributed by atoms with Gasteiger partial charge >= 0.3 is 0 Å².